The number of primary amides is 1. The predicted molar refractivity (Wildman–Crippen MR) is 110 cm³/mol. The van der Waals surface area contributed by atoms with Crippen LogP contribution in [0.5, 0.6) is 0 Å². The minimum Gasteiger partial charge on any atom is -0.390 e. The molecule has 0 bridgehead atoms. The molecule has 4 nitrogen and oxygen atoms in total. The number of aliphatic hydroxyl groups is 2. The lowest BCUT2D eigenvalue weighted by Crippen LogP contribution is -2.25. The van der Waals surface area contributed by atoms with E-state index in [0.29, 0.717) is 6.42 Å². The third-order valence-corrected chi connectivity index (χ3v) is 5.22. The highest BCUT2D eigenvalue weighted by Crippen LogP contribution is 2.15. The van der Waals surface area contributed by atoms with Gasteiger partial charge in [0.15, 0.2) is 0 Å². The lowest BCUT2D eigenvalue weighted by atomic mass is 9.99. The summed E-state index contributed by atoms with van der Waals surface area (Å²) < 4.78 is 0. The van der Waals surface area contributed by atoms with Gasteiger partial charge in [-0.05, 0) is 19.3 Å². The van der Waals surface area contributed by atoms with Crippen LogP contribution in [-0.4, -0.2) is 28.3 Å². The molecule has 4 N–H and O–H groups in total. The molecule has 0 aromatic carbocycles. The first-order valence-electron chi connectivity index (χ1n) is 11.2. The third kappa shape index (κ3) is 18.2. The highest BCUT2D eigenvalue weighted by molar-refractivity contribution is 5.73. The van der Waals surface area contributed by atoms with Crippen molar-refractivity contribution in [3.63, 3.8) is 0 Å². The summed E-state index contributed by atoms with van der Waals surface area (Å²) in [6.45, 7) is 2.22. The van der Waals surface area contributed by atoms with E-state index in [-0.39, 0.29) is 5.91 Å². The van der Waals surface area contributed by atoms with Gasteiger partial charge in [0.05, 0.1) is 12.2 Å². The zero-order valence-corrected chi connectivity index (χ0v) is 17.3. The molecule has 0 fully saturated rings. The van der Waals surface area contributed by atoms with Crippen molar-refractivity contribution in [2.24, 2.45) is 5.73 Å². The van der Waals surface area contributed by atoms with Gasteiger partial charge in [-0.3, -0.25) is 4.79 Å². The monoisotopic (exact) mass is 371 g/mol. The fraction of sp³-hybridized carbons (Fsp3) is 0.955. The molecule has 0 aromatic heterocycles. The van der Waals surface area contributed by atoms with Crippen molar-refractivity contribution in [3.8, 4) is 0 Å². The minimum atomic E-state index is -0.545. The Bertz CT molecular complexity index is 310. The summed E-state index contributed by atoms with van der Waals surface area (Å²) in [4.78, 5) is 10.6. The highest BCUT2D eigenvalue weighted by atomic mass is 16.3. The molecule has 2 unspecified atom stereocenters. The molecule has 4 heteroatoms. The zero-order chi connectivity index (χ0) is 19.5. The molecule has 0 radical (unpaired) electrons. The number of hydrogen-bond donors (Lipinski definition) is 3. The van der Waals surface area contributed by atoms with Gasteiger partial charge in [0, 0.05) is 6.42 Å². The fourth-order valence-electron chi connectivity index (χ4n) is 3.41. The number of carbonyl (C=O) groups is 1. The van der Waals surface area contributed by atoms with E-state index in [0.717, 1.165) is 44.9 Å². The van der Waals surface area contributed by atoms with Gasteiger partial charge in [0.2, 0.25) is 5.91 Å². The van der Waals surface area contributed by atoms with E-state index in [4.69, 9.17) is 5.73 Å². The topological polar surface area (TPSA) is 83.6 Å². The van der Waals surface area contributed by atoms with E-state index < -0.39 is 12.2 Å². The van der Waals surface area contributed by atoms with Crippen LogP contribution in [-0.2, 0) is 4.79 Å². The summed E-state index contributed by atoms with van der Waals surface area (Å²) in [5.41, 5.74) is 5.11. The van der Waals surface area contributed by atoms with E-state index in [1.165, 1.54) is 64.2 Å². The fourth-order valence-corrected chi connectivity index (χ4v) is 3.41. The second-order valence-corrected chi connectivity index (χ2v) is 7.88. The smallest absolute Gasteiger partial charge is 0.217 e. The average Bonchev–Trinajstić information content (AvgIpc) is 2.61. The first kappa shape index (κ1) is 25.4. The zero-order valence-electron chi connectivity index (χ0n) is 17.3. The first-order valence-corrected chi connectivity index (χ1v) is 11.2. The standard InChI is InChI=1S/C22H45NO3/c1-2-3-4-5-11-14-17-20(24)21(25)18-15-12-9-7-6-8-10-13-16-19-22(23)26/h20-21,24-25H,2-19H2,1H3,(H2,23,26). The normalized spacial score (nSPS) is 13.7. The number of carbonyl (C=O) groups excluding carboxylic acids is 1. The quantitative estimate of drug-likeness (QED) is 0.256. The average molecular weight is 372 g/mol. The Morgan fingerprint density at radius 2 is 1.00 bits per heavy atom. The van der Waals surface area contributed by atoms with E-state index >= 15 is 0 Å². The minimum absolute atomic E-state index is 0.190. The Balaban J connectivity index is 3.31. The van der Waals surface area contributed by atoms with Crippen molar-refractivity contribution in [2.45, 2.75) is 135 Å². The second-order valence-electron chi connectivity index (χ2n) is 7.88. The van der Waals surface area contributed by atoms with Gasteiger partial charge in [0.25, 0.3) is 0 Å². The molecule has 26 heavy (non-hydrogen) atoms. The Labute approximate surface area is 161 Å². The molecular formula is C22H45NO3. The maximum Gasteiger partial charge on any atom is 0.217 e. The predicted octanol–water partition coefficient (Wildman–Crippen LogP) is 5.24. The van der Waals surface area contributed by atoms with Gasteiger partial charge >= 0.3 is 0 Å². The Morgan fingerprint density at radius 3 is 1.38 bits per heavy atom. The van der Waals surface area contributed by atoms with Gasteiger partial charge in [0.1, 0.15) is 0 Å². The second kappa shape index (κ2) is 19.2. The van der Waals surface area contributed by atoms with Crippen molar-refractivity contribution in [1.82, 2.24) is 0 Å². The first-order chi connectivity index (χ1) is 12.6. The number of amides is 1. The van der Waals surface area contributed by atoms with Crippen LogP contribution >= 0.6 is 0 Å². The Kier molecular flexibility index (Phi) is 18.7. The van der Waals surface area contributed by atoms with Gasteiger partial charge in [-0.2, -0.15) is 0 Å². The van der Waals surface area contributed by atoms with Crippen molar-refractivity contribution in [3.05, 3.63) is 0 Å². The molecule has 2 atom stereocenters. The molecule has 0 saturated carbocycles. The molecule has 0 aromatic rings. The van der Waals surface area contributed by atoms with Gasteiger partial charge in [-0.15, -0.1) is 0 Å². The molecule has 156 valence electrons. The van der Waals surface area contributed by atoms with Crippen LogP contribution in [0.15, 0.2) is 0 Å². The summed E-state index contributed by atoms with van der Waals surface area (Å²) in [7, 11) is 0. The van der Waals surface area contributed by atoms with Gasteiger partial charge in [-0.25, -0.2) is 0 Å². The maximum absolute atomic E-state index is 10.6. The van der Waals surface area contributed by atoms with Crippen LogP contribution in [0.2, 0.25) is 0 Å². The van der Waals surface area contributed by atoms with Gasteiger partial charge < -0.3 is 15.9 Å². The van der Waals surface area contributed by atoms with E-state index in [9.17, 15) is 15.0 Å². The van der Waals surface area contributed by atoms with Crippen LogP contribution in [0.4, 0.5) is 0 Å². The van der Waals surface area contributed by atoms with E-state index in [1.54, 1.807) is 0 Å². The molecule has 0 saturated heterocycles. The van der Waals surface area contributed by atoms with Crippen molar-refractivity contribution < 1.29 is 15.0 Å². The largest absolute Gasteiger partial charge is 0.390 e. The van der Waals surface area contributed by atoms with Crippen LogP contribution in [0, 0.1) is 0 Å². The number of aliphatic hydroxyl groups excluding tert-OH is 2. The number of unbranched alkanes of at least 4 members (excludes halogenated alkanes) is 13. The summed E-state index contributed by atoms with van der Waals surface area (Å²) in [6, 6.07) is 0. The molecule has 0 aliphatic rings. The molecular weight excluding hydrogens is 326 g/mol. The molecule has 0 rings (SSSR count). The SMILES string of the molecule is CCCCCCCCC(O)C(O)CCCCCCCCCCCC(N)=O. The Hall–Kier alpha value is -0.610. The lowest BCUT2D eigenvalue weighted by Gasteiger charge is -2.17. The van der Waals surface area contributed by atoms with Crippen molar-refractivity contribution >= 4 is 5.91 Å². The molecule has 1 amide bonds. The summed E-state index contributed by atoms with van der Waals surface area (Å²) in [5, 5.41) is 20.1. The molecule has 0 aliphatic heterocycles. The van der Waals surface area contributed by atoms with Gasteiger partial charge in [-0.1, -0.05) is 96.8 Å². The van der Waals surface area contributed by atoms with Crippen LogP contribution in [0.3, 0.4) is 0 Å². The van der Waals surface area contributed by atoms with Crippen molar-refractivity contribution in [1.29, 1.82) is 0 Å². The lowest BCUT2D eigenvalue weighted by molar-refractivity contribution is -0.118. The number of hydrogen-bond acceptors (Lipinski definition) is 3. The summed E-state index contributed by atoms with van der Waals surface area (Å²) in [5.74, 6) is -0.190. The third-order valence-electron chi connectivity index (χ3n) is 5.22. The van der Waals surface area contributed by atoms with Crippen molar-refractivity contribution in [2.75, 3.05) is 0 Å². The molecule has 0 spiro atoms. The Morgan fingerprint density at radius 1 is 0.654 bits per heavy atom. The van der Waals surface area contributed by atoms with Crippen LogP contribution < -0.4 is 5.73 Å². The number of rotatable bonds is 20. The van der Waals surface area contributed by atoms with E-state index in [1.807, 2.05) is 0 Å². The van der Waals surface area contributed by atoms with E-state index in [2.05, 4.69) is 6.92 Å². The highest BCUT2D eigenvalue weighted by Gasteiger charge is 2.15. The summed E-state index contributed by atoms with van der Waals surface area (Å²) in [6.07, 6.45) is 18.5. The maximum atomic E-state index is 10.6. The summed E-state index contributed by atoms with van der Waals surface area (Å²) >= 11 is 0. The molecule has 0 aliphatic carbocycles. The van der Waals surface area contributed by atoms with Crippen LogP contribution in [0.25, 0.3) is 0 Å². The number of nitrogens with two attached hydrogens (primary N) is 1. The molecule has 0 heterocycles. The van der Waals surface area contributed by atoms with Crippen LogP contribution in [0.1, 0.15) is 122 Å².